The molecule has 2 saturated heterocycles. The van der Waals surface area contributed by atoms with Crippen LogP contribution in [0.15, 0.2) is 61.0 Å². The van der Waals surface area contributed by atoms with Gasteiger partial charge in [0.05, 0.1) is 35.9 Å². The SMILES string of the molecule is CC(C)(C)OC(=O)N1CCC[C@@H]1c1cnc(C2(c3ncc([C@H]4CCCN4C(=O)OC(C)(C)C)[nH]3)C=CC(c3ccccc3)=CC2)[nH]1. The number of aromatic nitrogens is 4. The van der Waals surface area contributed by atoms with Gasteiger partial charge in [0, 0.05) is 13.1 Å². The van der Waals surface area contributed by atoms with Gasteiger partial charge in [-0.15, -0.1) is 0 Å². The molecule has 46 heavy (non-hydrogen) atoms. The van der Waals surface area contributed by atoms with Crippen molar-refractivity contribution in [3.05, 3.63) is 89.6 Å². The van der Waals surface area contributed by atoms with E-state index in [4.69, 9.17) is 19.4 Å². The van der Waals surface area contributed by atoms with Crippen LogP contribution in [0.25, 0.3) is 5.57 Å². The second kappa shape index (κ2) is 12.1. The summed E-state index contributed by atoms with van der Waals surface area (Å²) >= 11 is 0. The predicted octanol–water partition coefficient (Wildman–Crippen LogP) is 7.61. The molecule has 10 nitrogen and oxygen atoms in total. The van der Waals surface area contributed by atoms with Gasteiger partial charge in [0.25, 0.3) is 0 Å². The Bertz CT molecular complexity index is 1540. The molecular formula is C36H46N6O4. The molecule has 0 unspecified atom stereocenters. The van der Waals surface area contributed by atoms with E-state index < -0.39 is 16.6 Å². The normalized spacial score (nSPS) is 21.4. The van der Waals surface area contributed by atoms with E-state index in [0.29, 0.717) is 19.5 Å². The topological polar surface area (TPSA) is 116 Å². The van der Waals surface area contributed by atoms with Crippen LogP contribution in [0.1, 0.15) is 114 Å². The van der Waals surface area contributed by atoms with E-state index in [-0.39, 0.29) is 24.3 Å². The van der Waals surface area contributed by atoms with E-state index in [2.05, 4.69) is 40.3 Å². The summed E-state index contributed by atoms with van der Waals surface area (Å²) in [5.74, 6) is 1.49. The highest BCUT2D eigenvalue weighted by atomic mass is 16.6. The van der Waals surface area contributed by atoms with Gasteiger partial charge in [-0.3, -0.25) is 9.80 Å². The minimum Gasteiger partial charge on any atom is -0.444 e. The molecule has 10 heteroatoms. The molecule has 2 aromatic heterocycles. The fraction of sp³-hybridized carbons (Fsp3) is 0.500. The Hall–Kier alpha value is -4.34. The van der Waals surface area contributed by atoms with Gasteiger partial charge in [0.1, 0.15) is 28.3 Å². The van der Waals surface area contributed by atoms with E-state index in [1.54, 1.807) is 9.80 Å². The van der Waals surface area contributed by atoms with Crippen LogP contribution in [-0.2, 0) is 14.9 Å². The number of likely N-dealkylation sites (tertiary alicyclic amines) is 2. The van der Waals surface area contributed by atoms with Gasteiger partial charge in [-0.2, -0.15) is 0 Å². The second-order valence-electron chi connectivity index (χ2n) is 14.6. The lowest BCUT2D eigenvalue weighted by atomic mass is 9.77. The van der Waals surface area contributed by atoms with Crippen LogP contribution >= 0.6 is 0 Å². The predicted molar refractivity (Wildman–Crippen MR) is 176 cm³/mol. The highest BCUT2D eigenvalue weighted by Gasteiger charge is 2.42. The van der Waals surface area contributed by atoms with Gasteiger partial charge in [-0.1, -0.05) is 48.6 Å². The zero-order valence-corrected chi connectivity index (χ0v) is 27.8. The maximum atomic E-state index is 13.1. The number of nitrogens with zero attached hydrogens (tertiary/aromatic N) is 4. The second-order valence-corrected chi connectivity index (χ2v) is 14.6. The van der Waals surface area contributed by atoms with Crippen molar-refractivity contribution >= 4 is 17.8 Å². The number of carbonyl (C=O) groups is 2. The molecule has 1 aromatic carbocycles. The Labute approximate surface area is 271 Å². The van der Waals surface area contributed by atoms with Crippen molar-refractivity contribution in [2.45, 2.75) is 102 Å². The van der Waals surface area contributed by atoms with Gasteiger partial charge >= 0.3 is 12.2 Å². The van der Waals surface area contributed by atoms with Crippen molar-refractivity contribution < 1.29 is 19.1 Å². The fourth-order valence-electron chi connectivity index (χ4n) is 6.67. The smallest absolute Gasteiger partial charge is 0.410 e. The van der Waals surface area contributed by atoms with Crippen molar-refractivity contribution in [2.75, 3.05) is 13.1 Å². The molecule has 3 aliphatic rings. The highest BCUT2D eigenvalue weighted by Crippen LogP contribution is 2.42. The van der Waals surface area contributed by atoms with Crippen LogP contribution in [0.4, 0.5) is 9.59 Å². The maximum Gasteiger partial charge on any atom is 0.410 e. The Morgan fingerprint density at radius 2 is 1.30 bits per heavy atom. The summed E-state index contributed by atoms with van der Waals surface area (Å²) in [5.41, 5.74) is 2.18. The van der Waals surface area contributed by atoms with Crippen molar-refractivity contribution in [1.82, 2.24) is 29.7 Å². The lowest BCUT2D eigenvalue weighted by molar-refractivity contribution is 0.0211. The fourth-order valence-corrected chi connectivity index (χ4v) is 6.67. The first-order chi connectivity index (χ1) is 21.8. The van der Waals surface area contributed by atoms with Crippen molar-refractivity contribution in [1.29, 1.82) is 0 Å². The number of imidazole rings is 2. The summed E-state index contributed by atoms with van der Waals surface area (Å²) in [6, 6.07) is 10.0. The largest absolute Gasteiger partial charge is 0.444 e. The minimum atomic E-state index is -0.709. The Morgan fingerprint density at radius 1 is 0.804 bits per heavy atom. The van der Waals surface area contributed by atoms with Crippen LogP contribution in [0.2, 0.25) is 0 Å². The van der Waals surface area contributed by atoms with Crippen molar-refractivity contribution in [3.63, 3.8) is 0 Å². The Balaban J connectivity index is 1.33. The molecule has 0 bridgehead atoms. The van der Waals surface area contributed by atoms with Crippen LogP contribution in [0, 0.1) is 0 Å². The molecule has 2 N–H and O–H groups in total. The summed E-state index contributed by atoms with van der Waals surface area (Å²) in [6.07, 6.45) is 13.7. The standard InChI is InChI=1S/C36H46N6O4/c1-34(2,3)45-32(43)41-20-10-14-28(41)26-22-37-30(39-26)36(18-16-25(17-19-36)24-12-8-7-9-13-24)31-38-23-27(40-31)29-15-11-21-42(29)33(44)46-35(4,5)6/h7-9,12-13,16-18,22-23,28-29H,10-11,14-15,19-21H2,1-6H3,(H,37,39)(H,38,40)/t28-,29-/m1/s1. The zero-order valence-electron chi connectivity index (χ0n) is 27.8. The number of carbonyl (C=O) groups excluding carboxylic acids is 2. The first-order valence-corrected chi connectivity index (χ1v) is 16.4. The van der Waals surface area contributed by atoms with Gasteiger partial charge in [-0.25, -0.2) is 19.6 Å². The molecule has 244 valence electrons. The molecule has 2 atom stereocenters. The number of allylic oxidation sites excluding steroid dienone is 4. The number of H-pyrrole nitrogens is 2. The number of hydrogen-bond acceptors (Lipinski definition) is 6. The quantitative estimate of drug-likeness (QED) is 0.301. The zero-order chi connectivity index (χ0) is 32.7. The molecular weight excluding hydrogens is 580 g/mol. The first-order valence-electron chi connectivity index (χ1n) is 16.4. The number of nitrogens with one attached hydrogen (secondary N) is 2. The summed E-state index contributed by atoms with van der Waals surface area (Å²) < 4.78 is 11.4. The summed E-state index contributed by atoms with van der Waals surface area (Å²) in [6.45, 7) is 12.6. The van der Waals surface area contributed by atoms with Gasteiger partial charge in [-0.05, 0) is 84.8 Å². The van der Waals surface area contributed by atoms with E-state index in [1.165, 1.54) is 0 Å². The molecule has 0 radical (unpaired) electrons. The maximum absolute atomic E-state index is 13.1. The third kappa shape index (κ3) is 6.48. The molecule has 0 spiro atoms. The van der Waals surface area contributed by atoms with E-state index >= 15 is 0 Å². The first kappa shape index (κ1) is 31.6. The molecule has 3 aromatic rings. The summed E-state index contributed by atoms with van der Waals surface area (Å²) in [5, 5.41) is 0. The number of aromatic amines is 2. The molecule has 2 fully saturated rings. The molecule has 1 aliphatic carbocycles. The number of amides is 2. The third-order valence-electron chi connectivity index (χ3n) is 8.81. The lowest BCUT2D eigenvalue weighted by Crippen LogP contribution is -2.36. The van der Waals surface area contributed by atoms with Crippen molar-refractivity contribution in [3.8, 4) is 0 Å². The Morgan fingerprint density at radius 3 is 1.74 bits per heavy atom. The molecule has 6 rings (SSSR count). The average molecular weight is 627 g/mol. The van der Waals surface area contributed by atoms with Crippen LogP contribution in [-0.4, -0.2) is 66.2 Å². The van der Waals surface area contributed by atoms with Gasteiger partial charge in [0.2, 0.25) is 0 Å². The minimum absolute atomic E-state index is 0.149. The Kier molecular flexibility index (Phi) is 8.33. The number of benzene rings is 1. The van der Waals surface area contributed by atoms with Crippen molar-refractivity contribution in [2.24, 2.45) is 0 Å². The van der Waals surface area contributed by atoms with Crippen LogP contribution in [0.3, 0.4) is 0 Å². The summed E-state index contributed by atoms with van der Waals surface area (Å²) in [7, 11) is 0. The number of hydrogen-bond donors (Lipinski definition) is 2. The number of rotatable bonds is 5. The van der Waals surface area contributed by atoms with E-state index in [1.807, 2.05) is 72.1 Å². The molecule has 4 heterocycles. The number of ether oxygens (including phenoxy) is 2. The van der Waals surface area contributed by atoms with E-state index in [0.717, 1.165) is 59.9 Å². The van der Waals surface area contributed by atoms with Crippen LogP contribution in [0.5, 0.6) is 0 Å². The monoisotopic (exact) mass is 626 g/mol. The average Bonchev–Trinajstić information content (AvgIpc) is 3.82. The van der Waals surface area contributed by atoms with Gasteiger partial charge in [0.15, 0.2) is 0 Å². The molecule has 0 saturated carbocycles. The molecule has 2 aliphatic heterocycles. The summed E-state index contributed by atoms with van der Waals surface area (Å²) in [4.78, 5) is 46.9. The highest BCUT2D eigenvalue weighted by molar-refractivity contribution is 5.76. The van der Waals surface area contributed by atoms with Gasteiger partial charge < -0.3 is 19.4 Å². The lowest BCUT2D eigenvalue weighted by Gasteiger charge is -2.30. The third-order valence-corrected chi connectivity index (χ3v) is 8.81. The van der Waals surface area contributed by atoms with E-state index in [9.17, 15) is 9.59 Å². The molecule has 2 amide bonds. The van der Waals surface area contributed by atoms with Crippen LogP contribution < -0.4 is 0 Å².